The zero-order valence-corrected chi connectivity index (χ0v) is 12.6. The molecule has 0 unspecified atom stereocenters. The Morgan fingerprint density at radius 1 is 0.818 bits per heavy atom. The molecule has 0 aromatic heterocycles. The first-order valence-electron chi connectivity index (χ1n) is 4.99. The van der Waals surface area contributed by atoms with E-state index in [9.17, 15) is 43.2 Å². The highest BCUT2D eigenvalue weighted by Gasteiger charge is 2.55. The molecule has 22 heavy (non-hydrogen) atoms. The third-order valence-electron chi connectivity index (χ3n) is 1.85. The Labute approximate surface area is 122 Å². The monoisotopic (exact) mass is 379 g/mol. The Morgan fingerprint density at radius 3 is 1.23 bits per heavy atom. The molecular weight excluding hydrogens is 368 g/mol. The first-order valence-corrected chi connectivity index (χ1v) is 7.96. The van der Waals surface area contributed by atoms with Crippen molar-refractivity contribution in [2.45, 2.75) is 11.0 Å². The van der Waals surface area contributed by atoms with Crippen molar-refractivity contribution in [2.75, 3.05) is 20.8 Å². The molecule has 0 spiro atoms. The van der Waals surface area contributed by atoms with Crippen molar-refractivity contribution < 1.29 is 43.2 Å². The molecule has 15 heteroatoms. The predicted octanol–water partition coefficient (Wildman–Crippen LogP) is 0.568. The predicted molar refractivity (Wildman–Crippen MR) is 62.6 cm³/mol. The maximum Gasteiger partial charge on any atom is 0.512 e. The van der Waals surface area contributed by atoms with Crippen LogP contribution in [0.5, 0.6) is 0 Å². The fourth-order valence-electron chi connectivity index (χ4n) is 0.913. The van der Waals surface area contributed by atoms with Gasteiger partial charge in [0.1, 0.15) is 0 Å². The molecule has 0 saturated carbocycles. The van der Waals surface area contributed by atoms with Crippen molar-refractivity contribution >= 4 is 20.0 Å². The van der Waals surface area contributed by atoms with Gasteiger partial charge in [0.15, 0.2) is 0 Å². The number of hydrogen-bond acceptors (Lipinski definition) is 6. The van der Waals surface area contributed by atoms with Crippen LogP contribution < -0.4 is 4.13 Å². The highest BCUT2D eigenvalue weighted by atomic mass is 32.3. The van der Waals surface area contributed by atoms with Crippen molar-refractivity contribution in [1.29, 1.82) is 0 Å². The minimum atomic E-state index is -6.60. The molecule has 1 aliphatic rings. The van der Waals surface area contributed by atoms with E-state index in [1.54, 1.807) is 0 Å². The van der Waals surface area contributed by atoms with Gasteiger partial charge in [-0.3, -0.25) is 0 Å². The van der Waals surface area contributed by atoms with Crippen LogP contribution in [0.4, 0.5) is 26.3 Å². The Balaban J connectivity index is 0.000000518. The summed E-state index contributed by atoms with van der Waals surface area (Å²) in [4.78, 5) is 4.25. The van der Waals surface area contributed by atoms with Gasteiger partial charge in [-0.2, -0.15) is 26.3 Å². The fourth-order valence-corrected chi connectivity index (χ4v) is 2.82. The first kappa shape index (κ1) is 20.8. The van der Waals surface area contributed by atoms with E-state index >= 15 is 0 Å². The highest BCUT2D eigenvalue weighted by molar-refractivity contribution is 8.05. The van der Waals surface area contributed by atoms with Crippen molar-refractivity contribution in [3.8, 4) is 0 Å². The van der Waals surface area contributed by atoms with Crippen LogP contribution in [-0.2, 0) is 20.0 Å². The van der Waals surface area contributed by atoms with Crippen LogP contribution >= 0.6 is 0 Å². The topological polar surface area (TPSA) is 86.8 Å². The average molecular weight is 379 g/mol. The fraction of sp³-hybridized carbons (Fsp3) is 0.714. The Kier molecular flexibility index (Phi) is 6.13. The number of sulfonamides is 2. The molecule has 1 rings (SSSR count). The molecule has 0 aromatic rings. The molecule has 0 radical (unpaired) electrons. The van der Waals surface area contributed by atoms with E-state index in [0.717, 1.165) is 6.67 Å². The smallest absolute Gasteiger partial charge is 0.362 e. The highest BCUT2D eigenvalue weighted by Crippen LogP contribution is 2.27. The van der Waals surface area contributed by atoms with Gasteiger partial charge in [-0.15, -0.1) is 0 Å². The van der Waals surface area contributed by atoms with Gasteiger partial charge in [-0.1, -0.05) is 4.13 Å². The lowest BCUT2D eigenvalue weighted by Crippen LogP contribution is -2.45. The van der Waals surface area contributed by atoms with Crippen molar-refractivity contribution in [3.05, 3.63) is 12.4 Å². The largest absolute Gasteiger partial charge is 0.512 e. The molecule has 1 heterocycles. The van der Waals surface area contributed by atoms with E-state index in [2.05, 4.69) is 36.3 Å². The number of nitrogens with zero attached hydrogens (tertiary/aromatic N) is 2. The number of alkyl halides is 6. The summed E-state index contributed by atoms with van der Waals surface area (Å²) in [5.41, 5.74) is -12.3. The van der Waals surface area contributed by atoms with Crippen LogP contribution in [0.15, 0.2) is 12.4 Å². The first-order chi connectivity index (χ1) is 9.49. The van der Waals surface area contributed by atoms with Gasteiger partial charge >= 0.3 is 31.1 Å². The molecule has 1 aliphatic heterocycles. The van der Waals surface area contributed by atoms with Crippen LogP contribution in [0.1, 0.15) is 0 Å². The van der Waals surface area contributed by atoms with Crippen molar-refractivity contribution in [3.63, 3.8) is 0 Å². The van der Waals surface area contributed by atoms with Crippen molar-refractivity contribution in [1.82, 2.24) is 13.9 Å². The van der Waals surface area contributed by atoms with Gasteiger partial charge in [-0.05, 0) is 0 Å². The number of rotatable bonds is 2. The van der Waals surface area contributed by atoms with Crippen LogP contribution in [0.25, 0.3) is 0 Å². The normalized spacial score (nSPS) is 16.5. The lowest BCUT2D eigenvalue weighted by atomic mass is 10.9. The van der Waals surface area contributed by atoms with Gasteiger partial charge in [0.05, 0.1) is 6.67 Å². The Bertz CT molecular complexity index is 557. The zero-order chi connectivity index (χ0) is 18.0. The molecule has 0 saturated heterocycles. The average Bonchev–Trinajstić information content (AvgIpc) is 2.58. The second-order valence-corrected chi connectivity index (χ2v) is 7.54. The lowest BCUT2D eigenvalue weighted by Gasteiger charge is -2.11. The van der Waals surface area contributed by atoms with Gasteiger partial charge in [-0.25, -0.2) is 16.8 Å². The lowest BCUT2D eigenvalue weighted by molar-refractivity contribution is -0.0476. The quantitative estimate of drug-likeness (QED) is 0.706. The van der Waals surface area contributed by atoms with Gasteiger partial charge < -0.3 is 9.80 Å². The summed E-state index contributed by atoms with van der Waals surface area (Å²) in [6.45, 7) is 1.03. The van der Waals surface area contributed by atoms with E-state index < -0.39 is 35.2 Å². The standard InChI is InChI=1S/C5H10N2.C2HF6NO4S2/c1-6-3-4-7(2)5-6;3-1(4,5)14(10,11)9-15(12,13)2(6,7)8/h3-4H,5H2,1-2H3;9H. The van der Waals surface area contributed by atoms with E-state index in [1.807, 2.05) is 0 Å². The molecule has 0 atom stereocenters. The minimum absolute atomic E-state index is 0.493. The summed E-state index contributed by atoms with van der Waals surface area (Å²) in [6, 6.07) is 0. The summed E-state index contributed by atoms with van der Waals surface area (Å²) in [7, 11) is -9.08. The van der Waals surface area contributed by atoms with Gasteiger partial charge in [0.2, 0.25) is 0 Å². The third-order valence-corrected chi connectivity index (χ3v) is 4.82. The van der Waals surface area contributed by atoms with Crippen LogP contribution in [-0.4, -0.2) is 58.4 Å². The molecular formula is C7H11F6N3O4S2. The summed E-state index contributed by atoms with van der Waals surface area (Å²) in [5.74, 6) is 0. The van der Waals surface area contributed by atoms with E-state index in [1.165, 1.54) is 0 Å². The molecule has 7 nitrogen and oxygen atoms in total. The minimum Gasteiger partial charge on any atom is -0.362 e. The summed E-state index contributed by atoms with van der Waals surface area (Å²) in [6.07, 6.45) is 4.11. The van der Waals surface area contributed by atoms with Crippen LogP contribution in [0.2, 0.25) is 0 Å². The summed E-state index contributed by atoms with van der Waals surface area (Å²) in [5, 5.41) is 0. The summed E-state index contributed by atoms with van der Waals surface area (Å²) < 4.78 is 108. The second kappa shape index (κ2) is 6.49. The zero-order valence-electron chi connectivity index (χ0n) is 11.0. The van der Waals surface area contributed by atoms with Gasteiger partial charge in [0.25, 0.3) is 0 Å². The molecule has 0 fully saturated rings. The molecule has 0 amide bonds. The third kappa shape index (κ3) is 5.88. The molecule has 0 bridgehead atoms. The van der Waals surface area contributed by atoms with E-state index in [4.69, 9.17) is 0 Å². The Morgan fingerprint density at radius 2 is 1.09 bits per heavy atom. The molecule has 0 aliphatic carbocycles. The van der Waals surface area contributed by atoms with Crippen LogP contribution in [0, 0.1) is 0 Å². The van der Waals surface area contributed by atoms with Crippen molar-refractivity contribution in [2.24, 2.45) is 0 Å². The SMILES string of the molecule is CN1C=CN(C)C1.O=S(=O)(NS(=O)(=O)C(F)(F)F)C(F)(F)F. The van der Waals surface area contributed by atoms with E-state index in [-0.39, 0.29) is 0 Å². The maximum absolute atomic E-state index is 11.5. The van der Waals surface area contributed by atoms with Gasteiger partial charge in [0, 0.05) is 26.5 Å². The van der Waals surface area contributed by atoms with E-state index in [0.29, 0.717) is 0 Å². The second-order valence-electron chi connectivity index (χ2n) is 3.94. The van der Waals surface area contributed by atoms with Crippen LogP contribution in [0.3, 0.4) is 0 Å². The number of halogens is 6. The Hall–Kier alpha value is -1.22. The number of nitrogens with one attached hydrogen (secondary N) is 1. The summed E-state index contributed by atoms with van der Waals surface area (Å²) >= 11 is 0. The molecule has 132 valence electrons. The number of hydrogen-bond donors (Lipinski definition) is 1. The molecule has 1 N–H and O–H groups in total. The maximum atomic E-state index is 11.5. The molecule has 0 aromatic carbocycles.